The Bertz CT molecular complexity index is 1310. The third-order valence-electron chi connectivity index (χ3n) is 11.1. The van der Waals surface area contributed by atoms with E-state index in [-0.39, 0.29) is 37.5 Å². The van der Waals surface area contributed by atoms with Gasteiger partial charge in [0.05, 0.1) is 0 Å². The molecule has 1 atom stereocenters. The molecule has 0 saturated carbocycles. The van der Waals surface area contributed by atoms with Gasteiger partial charge in [0.25, 0.3) is 0 Å². The van der Waals surface area contributed by atoms with Gasteiger partial charge >= 0.3 is 17.9 Å². The van der Waals surface area contributed by atoms with Crippen molar-refractivity contribution < 1.29 is 28.6 Å². The van der Waals surface area contributed by atoms with Crippen LogP contribution in [0.1, 0.15) is 239 Å². The maximum Gasteiger partial charge on any atom is 0.306 e. The van der Waals surface area contributed by atoms with Crippen LogP contribution in [0.15, 0.2) is 97.2 Å². The van der Waals surface area contributed by atoms with Crippen LogP contribution >= 0.6 is 0 Å². The Morgan fingerprint density at radius 3 is 1.08 bits per heavy atom. The normalized spacial score (nSPS) is 12.8. The molecule has 0 bridgehead atoms. The molecule has 0 rings (SSSR count). The van der Waals surface area contributed by atoms with Gasteiger partial charge in [-0.05, 0) is 109 Å². The third kappa shape index (κ3) is 51.2. The second kappa shape index (κ2) is 52.9. The van der Waals surface area contributed by atoms with Crippen molar-refractivity contribution in [1.29, 1.82) is 0 Å². The smallest absolute Gasteiger partial charge is 0.306 e. The van der Waals surface area contributed by atoms with Crippen LogP contribution in [0, 0.1) is 0 Å². The lowest BCUT2D eigenvalue weighted by Gasteiger charge is -2.18. The van der Waals surface area contributed by atoms with E-state index < -0.39 is 6.10 Å². The average Bonchev–Trinajstić information content (AvgIpc) is 3.30. The van der Waals surface area contributed by atoms with Gasteiger partial charge in [0.1, 0.15) is 13.2 Å². The van der Waals surface area contributed by atoms with E-state index in [2.05, 4.69) is 118 Å². The van der Waals surface area contributed by atoms with Crippen LogP contribution in [-0.4, -0.2) is 37.2 Å². The standard InChI is InChI=1S/C59H98O6/c1-4-7-10-13-16-19-22-25-27-29-31-32-34-37-40-43-46-49-52-58(61)64-55-56(54-63-57(60)51-48-45-42-39-36-24-21-18-15-12-9-6-3)65-59(62)53-50-47-44-41-38-35-33-30-28-26-23-20-17-14-11-8-5-2/h17-18,20-22,25-29,31-33,35,41,44,56H,4-16,19,23-24,30,34,36-40,42-43,45-55H2,1-3H3/b20-17-,21-18-,25-22-,28-26-,29-27-,32-31-,35-33-,44-41-. The van der Waals surface area contributed by atoms with Crippen LogP contribution in [0.2, 0.25) is 0 Å². The molecule has 0 radical (unpaired) electrons. The molecule has 0 amide bonds. The zero-order valence-corrected chi connectivity index (χ0v) is 42.2. The van der Waals surface area contributed by atoms with Gasteiger partial charge in [0.15, 0.2) is 6.10 Å². The second-order valence-electron chi connectivity index (χ2n) is 17.5. The number of unbranched alkanes of at least 4 members (excludes halogenated alkanes) is 22. The highest BCUT2D eigenvalue weighted by atomic mass is 16.6. The highest BCUT2D eigenvalue weighted by Crippen LogP contribution is 2.12. The zero-order valence-electron chi connectivity index (χ0n) is 42.2. The quantitative estimate of drug-likeness (QED) is 0.0199. The SMILES string of the molecule is CCCCC/C=C\C/C=C\C/C=C\C/C=C\CCCC(=O)OC(COC(=O)CCCCCCC\C=C/C=C\C=C/CCCCCCC)COC(=O)CCCCCCC/C=C\CCCCC. The lowest BCUT2D eigenvalue weighted by molar-refractivity contribution is -0.167. The van der Waals surface area contributed by atoms with E-state index in [0.29, 0.717) is 19.3 Å². The summed E-state index contributed by atoms with van der Waals surface area (Å²) in [5, 5.41) is 0. The minimum absolute atomic E-state index is 0.111. The van der Waals surface area contributed by atoms with Crippen LogP contribution in [0.3, 0.4) is 0 Å². The van der Waals surface area contributed by atoms with Crippen molar-refractivity contribution in [2.75, 3.05) is 13.2 Å². The molecule has 0 aliphatic rings. The molecule has 0 aromatic rings. The second-order valence-corrected chi connectivity index (χ2v) is 17.5. The molecular formula is C59H98O6. The fourth-order valence-corrected chi connectivity index (χ4v) is 7.02. The number of esters is 3. The number of allylic oxidation sites excluding steroid dienone is 16. The van der Waals surface area contributed by atoms with E-state index >= 15 is 0 Å². The van der Waals surface area contributed by atoms with Crippen molar-refractivity contribution >= 4 is 17.9 Å². The highest BCUT2D eigenvalue weighted by molar-refractivity contribution is 5.71. The summed E-state index contributed by atoms with van der Waals surface area (Å²) < 4.78 is 16.7. The monoisotopic (exact) mass is 903 g/mol. The summed E-state index contributed by atoms with van der Waals surface area (Å²) in [5.74, 6) is -0.999. The predicted octanol–water partition coefficient (Wildman–Crippen LogP) is 17.8. The highest BCUT2D eigenvalue weighted by Gasteiger charge is 2.19. The van der Waals surface area contributed by atoms with Gasteiger partial charge in [-0.25, -0.2) is 0 Å². The molecule has 0 aromatic carbocycles. The summed E-state index contributed by atoms with van der Waals surface area (Å²) >= 11 is 0. The van der Waals surface area contributed by atoms with E-state index in [9.17, 15) is 14.4 Å². The number of rotatable bonds is 47. The van der Waals surface area contributed by atoms with Crippen molar-refractivity contribution in [2.24, 2.45) is 0 Å². The molecule has 0 spiro atoms. The van der Waals surface area contributed by atoms with Gasteiger partial charge in [0, 0.05) is 19.3 Å². The minimum Gasteiger partial charge on any atom is -0.462 e. The summed E-state index contributed by atoms with van der Waals surface area (Å²) in [6.45, 7) is 6.49. The Balaban J connectivity index is 4.53. The molecule has 0 aromatic heterocycles. The molecule has 0 aliphatic heterocycles. The van der Waals surface area contributed by atoms with E-state index in [0.717, 1.165) is 103 Å². The van der Waals surface area contributed by atoms with Crippen LogP contribution in [-0.2, 0) is 28.6 Å². The number of ether oxygens (including phenoxy) is 3. The maximum absolute atomic E-state index is 12.8. The summed E-state index contributed by atoms with van der Waals surface area (Å²) in [7, 11) is 0. The predicted molar refractivity (Wildman–Crippen MR) is 279 cm³/mol. The number of carbonyl (C=O) groups is 3. The topological polar surface area (TPSA) is 78.9 Å². The Kier molecular flexibility index (Phi) is 50.0. The lowest BCUT2D eigenvalue weighted by atomic mass is 10.1. The fourth-order valence-electron chi connectivity index (χ4n) is 7.02. The molecule has 0 aliphatic carbocycles. The van der Waals surface area contributed by atoms with Crippen LogP contribution in [0.5, 0.6) is 0 Å². The van der Waals surface area contributed by atoms with Crippen molar-refractivity contribution in [2.45, 2.75) is 245 Å². The Morgan fingerprint density at radius 2 is 0.631 bits per heavy atom. The number of hydrogen-bond donors (Lipinski definition) is 0. The lowest BCUT2D eigenvalue weighted by Crippen LogP contribution is -2.30. The van der Waals surface area contributed by atoms with Crippen molar-refractivity contribution in [1.82, 2.24) is 0 Å². The largest absolute Gasteiger partial charge is 0.462 e. The van der Waals surface area contributed by atoms with Crippen LogP contribution in [0.25, 0.3) is 0 Å². The molecule has 0 heterocycles. The summed E-state index contributed by atoms with van der Waals surface area (Å²) in [6, 6.07) is 0. The first-order valence-electron chi connectivity index (χ1n) is 26.8. The number of carbonyl (C=O) groups excluding carboxylic acids is 3. The summed E-state index contributed by atoms with van der Waals surface area (Å²) in [5.41, 5.74) is 0. The van der Waals surface area contributed by atoms with E-state index in [1.165, 1.54) is 89.9 Å². The molecule has 65 heavy (non-hydrogen) atoms. The van der Waals surface area contributed by atoms with Gasteiger partial charge in [-0.1, -0.05) is 208 Å². The van der Waals surface area contributed by atoms with Gasteiger partial charge in [-0.3, -0.25) is 14.4 Å². The van der Waals surface area contributed by atoms with Crippen LogP contribution < -0.4 is 0 Å². The molecule has 6 nitrogen and oxygen atoms in total. The van der Waals surface area contributed by atoms with Gasteiger partial charge in [0.2, 0.25) is 0 Å². The zero-order chi connectivity index (χ0) is 47.2. The Morgan fingerprint density at radius 1 is 0.323 bits per heavy atom. The average molecular weight is 903 g/mol. The Labute approximate surface area is 400 Å². The van der Waals surface area contributed by atoms with E-state index in [4.69, 9.17) is 14.2 Å². The molecule has 0 N–H and O–H groups in total. The summed E-state index contributed by atoms with van der Waals surface area (Å²) in [6.07, 6.45) is 69.6. The molecule has 0 saturated heterocycles. The molecule has 0 fully saturated rings. The maximum atomic E-state index is 12.8. The van der Waals surface area contributed by atoms with Crippen molar-refractivity contribution in [3.8, 4) is 0 Å². The van der Waals surface area contributed by atoms with Crippen LogP contribution in [0.4, 0.5) is 0 Å². The molecular weight excluding hydrogens is 805 g/mol. The first-order valence-corrected chi connectivity index (χ1v) is 26.8. The van der Waals surface area contributed by atoms with E-state index in [1.54, 1.807) is 0 Å². The van der Waals surface area contributed by atoms with Crippen molar-refractivity contribution in [3.63, 3.8) is 0 Å². The first-order chi connectivity index (χ1) is 32.0. The third-order valence-corrected chi connectivity index (χ3v) is 11.1. The summed E-state index contributed by atoms with van der Waals surface area (Å²) in [4.78, 5) is 38.0. The van der Waals surface area contributed by atoms with E-state index in [1.807, 2.05) is 0 Å². The first kappa shape index (κ1) is 61.3. The molecule has 6 heteroatoms. The van der Waals surface area contributed by atoms with Gasteiger partial charge in [-0.15, -0.1) is 0 Å². The molecule has 1 unspecified atom stereocenters. The molecule has 370 valence electrons. The van der Waals surface area contributed by atoms with Gasteiger partial charge in [-0.2, -0.15) is 0 Å². The van der Waals surface area contributed by atoms with Crippen molar-refractivity contribution in [3.05, 3.63) is 97.2 Å². The Hall–Kier alpha value is -3.67. The fraction of sp³-hybridized carbons (Fsp3) is 0.678. The number of hydrogen-bond acceptors (Lipinski definition) is 6. The minimum atomic E-state index is -0.818. The van der Waals surface area contributed by atoms with Gasteiger partial charge < -0.3 is 14.2 Å².